The second-order valence-electron chi connectivity index (χ2n) is 2.49. The summed E-state index contributed by atoms with van der Waals surface area (Å²) >= 11 is 5.57. The Bertz CT molecular complexity index is 263. The largest absolute Gasteiger partial charge is 0.394 e. The van der Waals surface area contributed by atoms with Crippen LogP contribution in [0.1, 0.15) is 11.6 Å². The standard InChI is InChI=1S/C8H9ClFNO.ClH/c9-6-1-5(8(11)4-12)2-7(10)3-6;/h1-3,8,12H,4,11H2;1H/t8-;/m1./s1. The molecular weight excluding hydrogens is 216 g/mol. The van der Waals surface area contributed by atoms with Crippen LogP contribution in [0.5, 0.6) is 0 Å². The van der Waals surface area contributed by atoms with Crippen LogP contribution in [-0.2, 0) is 0 Å². The van der Waals surface area contributed by atoms with Crippen molar-refractivity contribution in [2.75, 3.05) is 6.61 Å². The van der Waals surface area contributed by atoms with Crippen molar-refractivity contribution in [3.63, 3.8) is 0 Å². The van der Waals surface area contributed by atoms with E-state index in [-0.39, 0.29) is 24.0 Å². The van der Waals surface area contributed by atoms with Crippen molar-refractivity contribution >= 4 is 24.0 Å². The number of hydrogen-bond donors (Lipinski definition) is 2. The second-order valence-corrected chi connectivity index (χ2v) is 2.93. The lowest BCUT2D eigenvalue weighted by Gasteiger charge is -2.08. The zero-order chi connectivity index (χ0) is 9.14. The third-order valence-electron chi connectivity index (χ3n) is 1.51. The molecule has 3 N–H and O–H groups in total. The van der Waals surface area contributed by atoms with Gasteiger partial charge in [0.2, 0.25) is 0 Å². The van der Waals surface area contributed by atoms with Gasteiger partial charge in [0.1, 0.15) is 5.82 Å². The molecule has 0 spiro atoms. The van der Waals surface area contributed by atoms with Crippen molar-refractivity contribution in [3.05, 3.63) is 34.6 Å². The van der Waals surface area contributed by atoms with Gasteiger partial charge in [-0.15, -0.1) is 12.4 Å². The maximum absolute atomic E-state index is 12.7. The first-order valence-corrected chi connectivity index (χ1v) is 3.83. The molecule has 0 heterocycles. The molecule has 13 heavy (non-hydrogen) atoms. The van der Waals surface area contributed by atoms with Gasteiger partial charge >= 0.3 is 0 Å². The number of aliphatic hydroxyl groups is 1. The van der Waals surface area contributed by atoms with E-state index < -0.39 is 11.9 Å². The van der Waals surface area contributed by atoms with Crippen LogP contribution in [0.4, 0.5) is 4.39 Å². The minimum absolute atomic E-state index is 0. The van der Waals surface area contributed by atoms with Crippen molar-refractivity contribution in [1.29, 1.82) is 0 Å². The van der Waals surface area contributed by atoms with E-state index in [9.17, 15) is 4.39 Å². The van der Waals surface area contributed by atoms with Crippen LogP contribution in [-0.4, -0.2) is 11.7 Å². The van der Waals surface area contributed by atoms with Crippen molar-refractivity contribution in [1.82, 2.24) is 0 Å². The molecule has 74 valence electrons. The number of nitrogens with two attached hydrogens (primary N) is 1. The Kier molecular flexibility index (Phi) is 5.25. The van der Waals surface area contributed by atoms with Crippen molar-refractivity contribution < 1.29 is 9.50 Å². The molecule has 0 saturated heterocycles. The van der Waals surface area contributed by atoms with Crippen LogP contribution in [0, 0.1) is 5.82 Å². The minimum Gasteiger partial charge on any atom is -0.394 e. The van der Waals surface area contributed by atoms with E-state index in [1.807, 2.05) is 0 Å². The second kappa shape index (κ2) is 5.40. The first-order valence-electron chi connectivity index (χ1n) is 3.46. The molecule has 5 heteroatoms. The highest BCUT2D eigenvalue weighted by Gasteiger charge is 2.06. The van der Waals surface area contributed by atoms with E-state index >= 15 is 0 Å². The number of rotatable bonds is 2. The summed E-state index contributed by atoms with van der Waals surface area (Å²) < 4.78 is 12.7. The lowest BCUT2D eigenvalue weighted by Crippen LogP contribution is -2.14. The van der Waals surface area contributed by atoms with Gasteiger partial charge in [0.15, 0.2) is 0 Å². The van der Waals surface area contributed by atoms with E-state index in [4.69, 9.17) is 22.4 Å². The zero-order valence-corrected chi connectivity index (χ0v) is 8.28. The smallest absolute Gasteiger partial charge is 0.125 e. The third-order valence-corrected chi connectivity index (χ3v) is 1.73. The molecule has 1 aromatic rings. The molecule has 0 fully saturated rings. The highest BCUT2D eigenvalue weighted by atomic mass is 35.5. The van der Waals surface area contributed by atoms with Crippen molar-refractivity contribution in [3.8, 4) is 0 Å². The molecule has 1 aromatic carbocycles. The van der Waals surface area contributed by atoms with Crippen LogP contribution in [0.15, 0.2) is 18.2 Å². The monoisotopic (exact) mass is 225 g/mol. The molecule has 0 amide bonds. The van der Waals surface area contributed by atoms with Crippen molar-refractivity contribution in [2.24, 2.45) is 5.73 Å². The molecule has 0 radical (unpaired) electrons. The summed E-state index contributed by atoms with van der Waals surface area (Å²) in [6.07, 6.45) is 0. The Hall–Kier alpha value is -0.350. The number of hydrogen-bond acceptors (Lipinski definition) is 2. The fraction of sp³-hybridized carbons (Fsp3) is 0.250. The summed E-state index contributed by atoms with van der Waals surface area (Å²) in [5.41, 5.74) is 5.96. The normalized spacial score (nSPS) is 12.0. The number of halogens is 3. The number of benzene rings is 1. The van der Waals surface area contributed by atoms with E-state index in [0.717, 1.165) is 0 Å². The first-order chi connectivity index (χ1) is 5.63. The summed E-state index contributed by atoms with van der Waals surface area (Å²) in [6.45, 7) is -0.222. The summed E-state index contributed by atoms with van der Waals surface area (Å²) in [5, 5.41) is 8.97. The fourth-order valence-electron chi connectivity index (χ4n) is 0.895. The van der Waals surface area contributed by atoms with Gasteiger partial charge in [0.05, 0.1) is 12.6 Å². The Morgan fingerprint density at radius 1 is 1.46 bits per heavy atom. The molecule has 0 aromatic heterocycles. The third kappa shape index (κ3) is 3.48. The van der Waals surface area contributed by atoms with E-state index in [1.165, 1.54) is 18.2 Å². The Balaban J connectivity index is 0.00000144. The Morgan fingerprint density at radius 2 is 2.08 bits per heavy atom. The van der Waals surface area contributed by atoms with Crippen molar-refractivity contribution in [2.45, 2.75) is 6.04 Å². The Labute approximate surface area is 86.9 Å². The van der Waals surface area contributed by atoms with Gasteiger partial charge in [-0.3, -0.25) is 0 Å². The SMILES string of the molecule is Cl.N[C@H](CO)c1cc(F)cc(Cl)c1. The van der Waals surface area contributed by atoms with E-state index in [2.05, 4.69) is 0 Å². The first kappa shape index (κ1) is 12.7. The van der Waals surface area contributed by atoms with Gasteiger partial charge in [-0.1, -0.05) is 11.6 Å². The molecule has 0 aliphatic heterocycles. The minimum atomic E-state index is -0.571. The molecule has 0 saturated carbocycles. The fourth-order valence-corrected chi connectivity index (χ4v) is 1.12. The molecule has 1 atom stereocenters. The molecular formula is C8H10Cl2FNO. The summed E-state index contributed by atoms with van der Waals surface area (Å²) in [5.74, 6) is -0.443. The number of aliphatic hydroxyl groups excluding tert-OH is 1. The van der Waals surface area contributed by atoms with Crippen LogP contribution in [0.25, 0.3) is 0 Å². The molecule has 0 bridgehead atoms. The summed E-state index contributed by atoms with van der Waals surface area (Å²) in [4.78, 5) is 0. The van der Waals surface area contributed by atoms with E-state index in [1.54, 1.807) is 0 Å². The van der Waals surface area contributed by atoms with Crippen LogP contribution < -0.4 is 5.73 Å². The predicted molar refractivity (Wildman–Crippen MR) is 52.7 cm³/mol. The van der Waals surface area contributed by atoms with Gasteiger partial charge < -0.3 is 10.8 Å². The summed E-state index contributed by atoms with van der Waals surface area (Å²) in [6, 6.07) is 3.41. The molecule has 0 aliphatic carbocycles. The average molecular weight is 226 g/mol. The molecule has 0 unspecified atom stereocenters. The van der Waals surface area contributed by atoms with Gasteiger partial charge in [-0.05, 0) is 23.8 Å². The maximum Gasteiger partial charge on any atom is 0.125 e. The molecule has 0 aliphatic rings. The van der Waals surface area contributed by atoms with Crippen LogP contribution in [0.3, 0.4) is 0 Å². The zero-order valence-electron chi connectivity index (χ0n) is 6.71. The van der Waals surface area contributed by atoms with Gasteiger partial charge in [0.25, 0.3) is 0 Å². The van der Waals surface area contributed by atoms with E-state index in [0.29, 0.717) is 5.56 Å². The van der Waals surface area contributed by atoms with Gasteiger partial charge in [-0.2, -0.15) is 0 Å². The van der Waals surface area contributed by atoms with Gasteiger partial charge in [0, 0.05) is 5.02 Å². The Morgan fingerprint density at radius 3 is 2.54 bits per heavy atom. The highest BCUT2D eigenvalue weighted by molar-refractivity contribution is 6.30. The summed E-state index contributed by atoms with van der Waals surface area (Å²) in [7, 11) is 0. The predicted octanol–water partition coefficient (Wildman–Crippen LogP) is 1.89. The highest BCUT2D eigenvalue weighted by Crippen LogP contribution is 2.18. The molecule has 1 rings (SSSR count). The van der Waals surface area contributed by atoms with Gasteiger partial charge in [-0.25, -0.2) is 4.39 Å². The van der Waals surface area contributed by atoms with Crippen LogP contribution >= 0.6 is 24.0 Å². The average Bonchev–Trinajstić information content (AvgIpc) is 2.01. The topological polar surface area (TPSA) is 46.2 Å². The molecule has 2 nitrogen and oxygen atoms in total. The van der Waals surface area contributed by atoms with Crippen LogP contribution in [0.2, 0.25) is 5.02 Å². The quantitative estimate of drug-likeness (QED) is 0.808. The lowest BCUT2D eigenvalue weighted by molar-refractivity contribution is 0.268. The lowest BCUT2D eigenvalue weighted by atomic mass is 10.1. The maximum atomic E-state index is 12.7.